The van der Waals surface area contributed by atoms with Crippen LogP contribution < -0.4 is 10.6 Å². The third-order valence-corrected chi connectivity index (χ3v) is 4.23. The van der Waals surface area contributed by atoms with Crippen molar-refractivity contribution in [1.29, 1.82) is 0 Å². The molecule has 1 saturated heterocycles. The minimum absolute atomic E-state index is 0.0944. The zero-order chi connectivity index (χ0) is 15.5. The van der Waals surface area contributed by atoms with Crippen molar-refractivity contribution in [1.82, 2.24) is 20.8 Å². The van der Waals surface area contributed by atoms with Crippen LogP contribution in [0.2, 0.25) is 0 Å². The standard InChI is InChI=1S/C14H15FN4O2S/c1-8(17-13(20)11-6-22-7-16-11)14-18-12(19-21-14)9-3-2-4-10(15)5-9/h2-5,8,11,16H,6-7H2,1H3,(H,17,20). The maximum atomic E-state index is 13.2. The van der Waals surface area contributed by atoms with Crippen molar-refractivity contribution in [3.63, 3.8) is 0 Å². The van der Waals surface area contributed by atoms with Gasteiger partial charge in [-0.25, -0.2) is 4.39 Å². The Morgan fingerprint density at radius 3 is 3.18 bits per heavy atom. The summed E-state index contributed by atoms with van der Waals surface area (Å²) in [6.07, 6.45) is 0. The molecule has 0 aliphatic carbocycles. The molecule has 0 bridgehead atoms. The van der Waals surface area contributed by atoms with Gasteiger partial charge < -0.3 is 9.84 Å². The van der Waals surface area contributed by atoms with Gasteiger partial charge >= 0.3 is 0 Å². The summed E-state index contributed by atoms with van der Waals surface area (Å²) in [7, 11) is 0. The molecular weight excluding hydrogens is 307 g/mol. The zero-order valence-corrected chi connectivity index (χ0v) is 12.7. The number of aromatic nitrogens is 2. The summed E-state index contributed by atoms with van der Waals surface area (Å²) >= 11 is 1.68. The SMILES string of the molecule is CC(NC(=O)C1CSCN1)c1nc(-c2cccc(F)c2)no1. The van der Waals surface area contributed by atoms with Gasteiger partial charge in [-0.1, -0.05) is 17.3 Å². The van der Waals surface area contributed by atoms with Crippen molar-refractivity contribution in [3.8, 4) is 11.4 Å². The zero-order valence-electron chi connectivity index (χ0n) is 11.9. The van der Waals surface area contributed by atoms with E-state index in [1.54, 1.807) is 30.8 Å². The van der Waals surface area contributed by atoms with Crippen LogP contribution in [-0.2, 0) is 4.79 Å². The Bertz CT molecular complexity index is 672. The highest BCUT2D eigenvalue weighted by molar-refractivity contribution is 7.99. The average Bonchev–Trinajstić information content (AvgIpc) is 3.19. The highest BCUT2D eigenvalue weighted by Crippen LogP contribution is 2.19. The van der Waals surface area contributed by atoms with E-state index in [4.69, 9.17) is 4.52 Å². The lowest BCUT2D eigenvalue weighted by molar-refractivity contribution is -0.123. The number of amides is 1. The van der Waals surface area contributed by atoms with Gasteiger partial charge in [-0.15, -0.1) is 11.8 Å². The fourth-order valence-corrected chi connectivity index (χ4v) is 3.04. The van der Waals surface area contributed by atoms with Crippen molar-refractivity contribution < 1.29 is 13.7 Å². The number of nitrogens with one attached hydrogen (secondary N) is 2. The molecule has 2 unspecified atom stereocenters. The Morgan fingerprint density at radius 2 is 2.45 bits per heavy atom. The van der Waals surface area contributed by atoms with Crippen LogP contribution in [0.5, 0.6) is 0 Å². The van der Waals surface area contributed by atoms with Crippen molar-refractivity contribution in [2.24, 2.45) is 0 Å². The first-order valence-corrected chi connectivity index (χ1v) is 8.00. The first-order valence-electron chi connectivity index (χ1n) is 6.84. The lowest BCUT2D eigenvalue weighted by Gasteiger charge is -2.13. The lowest BCUT2D eigenvalue weighted by atomic mass is 10.2. The second-order valence-electron chi connectivity index (χ2n) is 4.97. The smallest absolute Gasteiger partial charge is 0.249 e. The summed E-state index contributed by atoms with van der Waals surface area (Å²) in [4.78, 5) is 16.2. The molecule has 3 rings (SSSR count). The monoisotopic (exact) mass is 322 g/mol. The third-order valence-electron chi connectivity index (χ3n) is 3.29. The number of hydrogen-bond donors (Lipinski definition) is 2. The Hall–Kier alpha value is -1.93. The van der Waals surface area contributed by atoms with Crippen LogP contribution in [-0.4, -0.2) is 33.7 Å². The lowest BCUT2D eigenvalue weighted by Crippen LogP contribution is -2.43. The van der Waals surface area contributed by atoms with Gasteiger partial charge in [0.15, 0.2) is 0 Å². The summed E-state index contributed by atoms with van der Waals surface area (Å²) < 4.78 is 18.4. The molecule has 1 amide bonds. The van der Waals surface area contributed by atoms with Crippen LogP contribution in [0.4, 0.5) is 4.39 Å². The maximum absolute atomic E-state index is 13.2. The third kappa shape index (κ3) is 3.28. The first kappa shape index (κ1) is 15.0. The van der Waals surface area contributed by atoms with Crippen LogP contribution in [0.25, 0.3) is 11.4 Å². The molecule has 6 nitrogen and oxygen atoms in total. The molecule has 2 aromatic rings. The Morgan fingerprint density at radius 1 is 1.59 bits per heavy atom. The van der Waals surface area contributed by atoms with Gasteiger partial charge in [-0.3, -0.25) is 10.1 Å². The summed E-state index contributed by atoms with van der Waals surface area (Å²) in [5.74, 6) is 1.65. The molecule has 8 heteroatoms. The minimum Gasteiger partial charge on any atom is -0.343 e. The number of hydrogen-bond acceptors (Lipinski definition) is 6. The van der Waals surface area contributed by atoms with Crippen molar-refractivity contribution >= 4 is 17.7 Å². The number of benzene rings is 1. The van der Waals surface area contributed by atoms with Gasteiger partial charge in [0, 0.05) is 17.2 Å². The normalized spacial score (nSPS) is 19.1. The molecule has 0 radical (unpaired) electrons. The summed E-state index contributed by atoms with van der Waals surface area (Å²) in [6, 6.07) is 5.35. The summed E-state index contributed by atoms with van der Waals surface area (Å²) in [5, 5.41) is 9.75. The van der Waals surface area contributed by atoms with E-state index in [1.807, 2.05) is 0 Å². The van der Waals surface area contributed by atoms with E-state index in [1.165, 1.54) is 12.1 Å². The van der Waals surface area contributed by atoms with E-state index in [2.05, 4.69) is 20.8 Å². The Balaban J connectivity index is 1.68. The molecule has 2 atom stereocenters. The van der Waals surface area contributed by atoms with Crippen LogP contribution in [0.1, 0.15) is 18.9 Å². The maximum Gasteiger partial charge on any atom is 0.249 e. The van der Waals surface area contributed by atoms with Gasteiger partial charge in [-0.2, -0.15) is 4.98 Å². The number of carbonyl (C=O) groups is 1. The van der Waals surface area contributed by atoms with Gasteiger partial charge in [0.2, 0.25) is 17.6 Å². The van der Waals surface area contributed by atoms with Gasteiger partial charge in [0.25, 0.3) is 0 Å². The van der Waals surface area contributed by atoms with Gasteiger partial charge in [0.05, 0.1) is 6.04 Å². The van der Waals surface area contributed by atoms with Crippen molar-refractivity contribution in [2.45, 2.75) is 19.0 Å². The van der Waals surface area contributed by atoms with Crippen molar-refractivity contribution in [2.75, 3.05) is 11.6 Å². The Labute approximate surface area is 130 Å². The second kappa shape index (κ2) is 6.45. The molecule has 1 fully saturated rings. The summed E-state index contributed by atoms with van der Waals surface area (Å²) in [6.45, 7) is 1.77. The van der Waals surface area contributed by atoms with Gasteiger partial charge in [-0.05, 0) is 19.1 Å². The highest BCUT2D eigenvalue weighted by atomic mass is 32.2. The summed E-state index contributed by atoms with van der Waals surface area (Å²) in [5.41, 5.74) is 0.530. The topological polar surface area (TPSA) is 80.0 Å². The van der Waals surface area contributed by atoms with Gasteiger partial charge in [0.1, 0.15) is 11.9 Å². The quantitative estimate of drug-likeness (QED) is 0.892. The molecule has 1 aromatic carbocycles. The van der Waals surface area contributed by atoms with Crippen LogP contribution in [0, 0.1) is 5.82 Å². The van der Waals surface area contributed by atoms with E-state index in [9.17, 15) is 9.18 Å². The first-order chi connectivity index (χ1) is 10.6. The molecule has 116 valence electrons. The molecule has 2 N–H and O–H groups in total. The van der Waals surface area contributed by atoms with E-state index in [-0.39, 0.29) is 17.8 Å². The molecule has 1 aliphatic heterocycles. The predicted octanol–water partition coefficient (Wildman–Crippen LogP) is 1.72. The van der Waals surface area contributed by atoms with E-state index >= 15 is 0 Å². The predicted molar refractivity (Wildman–Crippen MR) is 80.5 cm³/mol. The largest absolute Gasteiger partial charge is 0.343 e. The van der Waals surface area contributed by atoms with Crippen LogP contribution >= 0.6 is 11.8 Å². The van der Waals surface area contributed by atoms with Crippen LogP contribution in [0.15, 0.2) is 28.8 Å². The fourth-order valence-electron chi connectivity index (χ4n) is 2.10. The molecule has 1 aliphatic rings. The Kier molecular flexibility index (Phi) is 4.39. The highest BCUT2D eigenvalue weighted by Gasteiger charge is 2.25. The van der Waals surface area contributed by atoms with E-state index in [0.717, 1.165) is 11.6 Å². The second-order valence-corrected chi connectivity index (χ2v) is 6.00. The molecule has 22 heavy (non-hydrogen) atoms. The molecule has 1 aromatic heterocycles. The molecular formula is C14H15FN4O2S. The van der Waals surface area contributed by atoms with Crippen molar-refractivity contribution in [3.05, 3.63) is 36.0 Å². The fraction of sp³-hybridized carbons (Fsp3) is 0.357. The minimum atomic E-state index is -0.408. The van der Waals surface area contributed by atoms with E-state index in [0.29, 0.717) is 17.3 Å². The van der Waals surface area contributed by atoms with Crippen LogP contribution in [0.3, 0.4) is 0 Å². The number of rotatable bonds is 4. The molecule has 2 heterocycles. The van der Waals surface area contributed by atoms with E-state index < -0.39 is 6.04 Å². The average molecular weight is 322 g/mol. The number of carbonyl (C=O) groups excluding carboxylic acids is 1. The molecule has 0 spiro atoms. The number of halogens is 1. The number of thioether (sulfide) groups is 1. The number of nitrogens with zero attached hydrogens (tertiary/aromatic N) is 2. The molecule has 0 saturated carbocycles.